The number of benzene rings is 3. The van der Waals surface area contributed by atoms with E-state index in [1.165, 1.54) is 12.1 Å². The molecule has 0 N–H and O–H groups in total. The molecule has 0 aliphatic carbocycles. The number of hydrogen-bond donors (Lipinski definition) is 0. The number of fused-ring (bicyclic) bond motifs is 1. The molecule has 0 atom stereocenters. The van der Waals surface area contributed by atoms with E-state index in [4.69, 9.17) is 4.42 Å². The van der Waals surface area contributed by atoms with Gasteiger partial charge in [-0.25, -0.2) is 9.37 Å². The number of para-hydroxylation sites is 2. The van der Waals surface area contributed by atoms with Crippen LogP contribution in [0.4, 0.5) is 4.39 Å². The summed E-state index contributed by atoms with van der Waals surface area (Å²) >= 11 is 0. The Labute approximate surface area is 149 Å². The predicted octanol–water partition coefficient (Wildman–Crippen LogP) is 5.39. The molecule has 0 fully saturated rings. The number of oxazole rings is 1. The third kappa shape index (κ3) is 3.05. The summed E-state index contributed by atoms with van der Waals surface area (Å²) in [6.07, 6.45) is 1.48. The van der Waals surface area contributed by atoms with Crippen LogP contribution >= 0.6 is 0 Å². The van der Waals surface area contributed by atoms with Gasteiger partial charge in [0.2, 0.25) is 5.89 Å². The van der Waals surface area contributed by atoms with Crippen molar-refractivity contribution in [2.45, 2.75) is 0 Å². The largest absolute Gasteiger partial charge is 0.436 e. The van der Waals surface area contributed by atoms with Crippen molar-refractivity contribution in [2.24, 2.45) is 0 Å². The lowest BCUT2D eigenvalue weighted by atomic mass is 10.0. The maximum Gasteiger partial charge on any atom is 0.231 e. The number of Topliss-reactive ketones (excluding diaryl/α,β-unsaturated/α-hetero) is 1. The summed E-state index contributed by atoms with van der Waals surface area (Å²) in [5.41, 5.74) is 2.20. The molecule has 4 heteroatoms. The second-order valence-electron chi connectivity index (χ2n) is 5.76. The lowest BCUT2D eigenvalue weighted by Gasteiger charge is -2.04. The summed E-state index contributed by atoms with van der Waals surface area (Å²) in [7, 11) is 0. The summed E-state index contributed by atoms with van der Waals surface area (Å²) in [4.78, 5) is 17.5. The zero-order valence-electron chi connectivity index (χ0n) is 13.7. The third-order valence-corrected chi connectivity index (χ3v) is 4.01. The first-order valence-electron chi connectivity index (χ1n) is 8.14. The summed E-state index contributed by atoms with van der Waals surface area (Å²) in [6, 6.07) is 22.3. The van der Waals surface area contributed by atoms with E-state index in [9.17, 15) is 9.18 Å². The van der Waals surface area contributed by atoms with Crippen molar-refractivity contribution in [3.8, 4) is 0 Å². The van der Waals surface area contributed by atoms with Gasteiger partial charge in [-0.2, -0.15) is 0 Å². The fraction of sp³-hybridized carbons (Fsp3) is 0. The van der Waals surface area contributed by atoms with Crippen molar-refractivity contribution in [3.05, 3.63) is 102 Å². The molecule has 0 aliphatic rings. The Morgan fingerprint density at radius 2 is 1.58 bits per heavy atom. The van der Waals surface area contributed by atoms with Gasteiger partial charge in [0.1, 0.15) is 11.3 Å². The van der Waals surface area contributed by atoms with Gasteiger partial charge in [-0.05, 0) is 24.3 Å². The highest BCUT2D eigenvalue weighted by Crippen LogP contribution is 2.26. The second kappa shape index (κ2) is 6.76. The van der Waals surface area contributed by atoms with Crippen LogP contribution < -0.4 is 0 Å². The minimum absolute atomic E-state index is 0.170. The monoisotopic (exact) mass is 343 g/mol. The molecule has 0 aliphatic heterocycles. The summed E-state index contributed by atoms with van der Waals surface area (Å²) < 4.78 is 19.9. The lowest BCUT2D eigenvalue weighted by molar-refractivity contribution is 0.105. The van der Waals surface area contributed by atoms with Crippen LogP contribution in [0.1, 0.15) is 21.8 Å². The van der Waals surface area contributed by atoms with Crippen LogP contribution in [0.15, 0.2) is 83.3 Å². The van der Waals surface area contributed by atoms with Gasteiger partial charge in [0.25, 0.3) is 0 Å². The van der Waals surface area contributed by atoms with Gasteiger partial charge in [-0.1, -0.05) is 60.7 Å². The number of rotatable bonds is 4. The fourth-order valence-corrected chi connectivity index (χ4v) is 2.70. The molecular formula is C22H14FNO2. The lowest BCUT2D eigenvalue weighted by Crippen LogP contribution is -2.03. The topological polar surface area (TPSA) is 43.1 Å². The first-order chi connectivity index (χ1) is 12.7. The quantitative estimate of drug-likeness (QED) is 0.368. The number of carbonyl (C=O) groups is 1. The molecule has 0 amide bonds. The van der Waals surface area contributed by atoms with E-state index in [2.05, 4.69) is 4.98 Å². The van der Waals surface area contributed by atoms with E-state index >= 15 is 0 Å². The van der Waals surface area contributed by atoms with E-state index in [0.717, 1.165) is 0 Å². The summed E-state index contributed by atoms with van der Waals surface area (Å²) in [6.45, 7) is 0. The number of allylic oxidation sites excluding steroid dienone is 1. The SMILES string of the molecule is O=C(/C(=C/c1ccccc1F)c1nc2ccccc2o1)c1ccccc1. The minimum atomic E-state index is -0.415. The van der Waals surface area contributed by atoms with Gasteiger partial charge in [-0.15, -0.1) is 0 Å². The Kier molecular flexibility index (Phi) is 4.15. The smallest absolute Gasteiger partial charge is 0.231 e. The molecule has 0 saturated heterocycles. The number of ketones is 1. The van der Waals surface area contributed by atoms with Crippen molar-refractivity contribution in [2.75, 3.05) is 0 Å². The molecule has 1 heterocycles. The molecule has 3 aromatic carbocycles. The average molecular weight is 343 g/mol. The maximum atomic E-state index is 14.1. The normalized spacial score (nSPS) is 11.7. The molecule has 0 unspecified atom stereocenters. The number of carbonyl (C=O) groups excluding carboxylic acids is 1. The molecule has 0 radical (unpaired) electrons. The van der Waals surface area contributed by atoms with Crippen molar-refractivity contribution in [3.63, 3.8) is 0 Å². The summed E-state index contributed by atoms with van der Waals surface area (Å²) in [5, 5.41) is 0. The highest BCUT2D eigenvalue weighted by atomic mass is 19.1. The third-order valence-electron chi connectivity index (χ3n) is 4.01. The van der Waals surface area contributed by atoms with Gasteiger partial charge in [0, 0.05) is 11.1 Å². The molecule has 126 valence electrons. The Hall–Kier alpha value is -3.53. The van der Waals surface area contributed by atoms with E-state index in [1.54, 1.807) is 54.6 Å². The number of halogens is 1. The van der Waals surface area contributed by atoms with Crippen molar-refractivity contribution in [1.29, 1.82) is 0 Å². The molecule has 4 aromatic rings. The number of hydrogen-bond acceptors (Lipinski definition) is 3. The van der Waals surface area contributed by atoms with Gasteiger partial charge < -0.3 is 4.42 Å². The highest BCUT2D eigenvalue weighted by Gasteiger charge is 2.20. The molecule has 1 aromatic heterocycles. The Morgan fingerprint density at radius 1 is 0.885 bits per heavy atom. The van der Waals surface area contributed by atoms with Gasteiger partial charge in [-0.3, -0.25) is 4.79 Å². The predicted molar refractivity (Wildman–Crippen MR) is 99.1 cm³/mol. The Morgan fingerprint density at radius 3 is 2.35 bits per heavy atom. The molecule has 26 heavy (non-hydrogen) atoms. The van der Waals surface area contributed by atoms with E-state index in [-0.39, 0.29) is 17.2 Å². The van der Waals surface area contributed by atoms with E-state index in [0.29, 0.717) is 22.2 Å². The van der Waals surface area contributed by atoms with Crippen molar-refractivity contribution in [1.82, 2.24) is 4.98 Å². The van der Waals surface area contributed by atoms with Crippen LogP contribution in [0, 0.1) is 5.82 Å². The van der Waals surface area contributed by atoms with Gasteiger partial charge in [0.15, 0.2) is 11.4 Å². The first kappa shape index (κ1) is 16.0. The fourth-order valence-electron chi connectivity index (χ4n) is 2.70. The zero-order valence-corrected chi connectivity index (χ0v) is 13.7. The molecular weight excluding hydrogens is 329 g/mol. The minimum Gasteiger partial charge on any atom is -0.436 e. The van der Waals surface area contributed by atoms with Crippen LogP contribution in [-0.4, -0.2) is 10.8 Å². The van der Waals surface area contributed by atoms with Crippen LogP contribution in [-0.2, 0) is 0 Å². The number of nitrogens with zero attached hydrogens (tertiary/aromatic N) is 1. The van der Waals surface area contributed by atoms with Gasteiger partial charge in [0.05, 0.1) is 5.57 Å². The number of aromatic nitrogens is 1. The molecule has 3 nitrogen and oxygen atoms in total. The molecule has 4 rings (SSSR count). The van der Waals surface area contributed by atoms with Crippen molar-refractivity contribution >= 4 is 28.5 Å². The maximum absolute atomic E-state index is 14.1. The molecule has 0 saturated carbocycles. The van der Waals surface area contributed by atoms with Crippen LogP contribution in [0.25, 0.3) is 22.7 Å². The van der Waals surface area contributed by atoms with Crippen molar-refractivity contribution < 1.29 is 13.6 Å². The first-order valence-corrected chi connectivity index (χ1v) is 8.14. The summed E-state index contributed by atoms with van der Waals surface area (Å²) in [5.74, 6) is -0.523. The van der Waals surface area contributed by atoms with Gasteiger partial charge >= 0.3 is 0 Å². The average Bonchev–Trinajstić information content (AvgIpc) is 3.11. The standard InChI is InChI=1S/C22H14FNO2/c23-18-11-5-4-10-16(18)14-17(21(25)15-8-2-1-3-9-15)22-24-19-12-6-7-13-20(19)26-22/h1-14H/b17-14-. The van der Waals surface area contributed by atoms with Crippen LogP contribution in [0.3, 0.4) is 0 Å². The van der Waals surface area contributed by atoms with E-state index < -0.39 is 5.82 Å². The zero-order chi connectivity index (χ0) is 17.9. The molecule has 0 bridgehead atoms. The van der Waals surface area contributed by atoms with E-state index in [1.807, 2.05) is 18.2 Å². The molecule has 0 spiro atoms. The van der Waals surface area contributed by atoms with Crippen LogP contribution in [0.5, 0.6) is 0 Å². The highest BCUT2D eigenvalue weighted by molar-refractivity contribution is 6.31. The second-order valence-corrected chi connectivity index (χ2v) is 5.76. The van der Waals surface area contributed by atoms with Crippen LogP contribution in [0.2, 0.25) is 0 Å². The Balaban J connectivity index is 1.89. The Bertz CT molecular complexity index is 1080.